The van der Waals surface area contributed by atoms with Crippen molar-refractivity contribution in [3.05, 3.63) is 108 Å². The topological polar surface area (TPSA) is 147 Å². The van der Waals surface area contributed by atoms with E-state index >= 15 is 0 Å². The third kappa shape index (κ3) is 8.49. The quantitative estimate of drug-likeness (QED) is 0.210. The van der Waals surface area contributed by atoms with Gasteiger partial charge < -0.3 is 9.47 Å². The van der Waals surface area contributed by atoms with Crippen LogP contribution in [0.4, 0.5) is 8.78 Å². The Bertz CT molecular complexity index is 1740. The van der Waals surface area contributed by atoms with E-state index in [1.54, 1.807) is 24.3 Å². The van der Waals surface area contributed by atoms with Gasteiger partial charge in [0.05, 0.1) is 23.0 Å². The summed E-state index contributed by atoms with van der Waals surface area (Å²) in [6.45, 7) is 3.58. The molecule has 230 valence electrons. The number of rotatable bonds is 9. The summed E-state index contributed by atoms with van der Waals surface area (Å²) in [6, 6.07) is 15.3. The summed E-state index contributed by atoms with van der Waals surface area (Å²) in [4.78, 5) is 3.81. The predicted molar refractivity (Wildman–Crippen MR) is 149 cm³/mol. The maximum absolute atomic E-state index is 14.6. The molecule has 1 aliphatic rings. The molecule has 11 nitrogen and oxygen atoms in total. The molecule has 1 fully saturated rings. The van der Waals surface area contributed by atoms with Crippen molar-refractivity contribution < 1.29 is 43.8 Å². The lowest BCUT2D eigenvalue weighted by Gasteiger charge is -2.29. The predicted octanol–water partition coefficient (Wildman–Crippen LogP) is 4.17. The minimum absolute atomic E-state index is 0.00269. The van der Waals surface area contributed by atoms with Gasteiger partial charge in [-0.1, -0.05) is 35.4 Å². The van der Waals surface area contributed by atoms with Gasteiger partial charge in [-0.25, -0.2) is 13.8 Å². The number of halogens is 2. The number of nitrogens with zero attached hydrogens (tertiary/aromatic N) is 3. The maximum Gasteiger partial charge on any atom is 0.297 e. The van der Waals surface area contributed by atoms with E-state index in [0.717, 1.165) is 23.3 Å². The van der Waals surface area contributed by atoms with Crippen LogP contribution in [0.1, 0.15) is 23.1 Å². The molecule has 1 N–H and O–H groups in total. The monoisotopic (exact) mass is 637 g/mol. The molecular formula is C28H29F2N3O8S2. The van der Waals surface area contributed by atoms with Crippen LogP contribution >= 0.6 is 0 Å². The average molecular weight is 638 g/mol. The zero-order valence-electron chi connectivity index (χ0n) is 23.1. The fourth-order valence-corrected chi connectivity index (χ4v) is 5.53. The Kier molecular flexibility index (Phi) is 10.0. The van der Waals surface area contributed by atoms with E-state index in [0.29, 0.717) is 0 Å². The Balaban J connectivity index is 0.000000324. The van der Waals surface area contributed by atoms with E-state index in [4.69, 9.17) is 18.2 Å². The molecule has 0 aliphatic carbocycles. The Morgan fingerprint density at radius 1 is 0.977 bits per heavy atom. The smallest absolute Gasteiger partial charge is 0.297 e. The van der Waals surface area contributed by atoms with Crippen molar-refractivity contribution in [2.24, 2.45) is 0 Å². The number of benzene rings is 3. The number of aryl methyl sites for hydroxylation is 3. The highest BCUT2D eigenvalue weighted by molar-refractivity contribution is 7.86. The Hall–Kier alpha value is -3.60. The largest absolute Gasteiger partial charge is 0.343 e. The van der Waals surface area contributed by atoms with Crippen LogP contribution in [0.25, 0.3) is 0 Å². The fraction of sp³-hybridized carbons (Fsp3) is 0.286. The summed E-state index contributed by atoms with van der Waals surface area (Å²) in [6.07, 6.45) is 2.17. The van der Waals surface area contributed by atoms with Gasteiger partial charge in [-0.05, 0) is 50.2 Å². The molecular weight excluding hydrogens is 608 g/mol. The highest BCUT2D eigenvalue weighted by Crippen LogP contribution is 2.39. The maximum atomic E-state index is 14.6. The number of hydrogen-bond acceptors (Lipinski definition) is 9. The molecule has 0 spiro atoms. The lowest BCUT2D eigenvalue weighted by atomic mass is 10.0. The SMILES string of the molecule is Cc1ccc(S(=O)(=O)O)cc1.Cc1ccc(S(=O)(=O)OC[C@@H]2CO[C@@](CCn3cncn3)(c3ccc(F)cc3F)O2)cc1. The normalized spacial score (nSPS) is 18.7. The van der Waals surface area contributed by atoms with Crippen molar-refractivity contribution >= 4 is 20.2 Å². The van der Waals surface area contributed by atoms with Gasteiger partial charge in [-0.15, -0.1) is 0 Å². The first-order valence-corrected chi connectivity index (χ1v) is 15.7. The van der Waals surface area contributed by atoms with Crippen LogP contribution in [-0.2, 0) is 46.2 Å². The molecule has 3 aromatic carbocycles. The van der Waals surface area contributed by atoms with Crippen LogP contribution in [-0.4, -0.2) is 55.5 Å². The first-order valence-electron chi connectivity index (χ1n) is 12.9. The summed E-state index contributed by atoms with van der Waals surface area (Å²) in [5.74, 6) is -3.14. The molecule has 2 atom stereocenters. The van der Waals surface area contributed by atoms with Crippen molar-refractivity contribution in [3.8, 4) is 0 Å². The van der Waals surface area contributed by atoms with Crippen molar-refractivity contribution in [2.45, 2.75) is 48.5 Å². The third-order valence-corrected chi connectivity index (χ3v) is 8.54. The van der Waals surface area contributed by atoms with Gasteiger partial charge in [0.2, 0.25) is 0 Å². The summed E-state index contributed by atoms with van der Waals surface area (Å²) in [5, 5.41) is 4.00. The van der Waals surface area contributed by atoms with Gasteiger partial charge in [-0.3, -0.25) is 13.4 Å². The third-order valence-electron chi connectivity index (χ3n) is 6.38. The van der Waals surface area contributed by atoms with Gasteiger partial charge in [0, 0.05) is 24.6 Å². The number of ether oxygens (including phenoxy) is 2. The second-order valence-electron chi connectivity index (χ2n) is 9.68. The van der Waals surface area contributed by atoms with Crippen LogP contribution in [0.15, 0.2) is 89.2 Å². The zero-order chi connectivity index (χ0) is 31.3. The summed E-state index contributed by atoms with van der Waals surface area (Å²) in [5.41, 5.74) is 1.87. The van der Waals surface area contributed by atoms with Gasteiger partial charge in [0.1, 0.15) is 30.4 Å². The fourth-order valence-electron chi connectivity index (χ4n) is 4.11. The standard InChI is InChI=1S/C21H21F2N3O5S.C7H8O3S/c1-15-2-5-18(6-3-15)32(27,28)30-12-17-11-29-21(31-17,8-9-26-14-24-13-25-26)19-7-4-16(22)10-20(19)23;1-6-2-4-7(5-3-6)11(8,9)10/h2-7,10,13-14,17H,8-9,11-12H2,1H3;2-5H,1H3,(H,8,9,10)/t17-,21+;/m0./s1. The molecule has 1 aliphatic heterocycles. The van der Waals surface area contributed by atoms with E-state index in [2.05, 4.69) is 10.1 Å². The molecule has 0 unspecified atom stereocenters. The Morgan fingerprint density at radius 2 is 1.60 bits per heavy atom. The second-order valence-corrected chi connectivity index (χ2v) is 12.7. The molecule has 1 aromatic heterocycles. The molecule has 43 heavy (non-hydrogen) atoms. The molecule has 5 rings (SSSR count). The van der Waals surface area contributed by atoms with Crippen LogP contribution in [0.5, 0.6) is 0 Å². The van der Waals surface area contributed by atoms with Crippen molar-refractivity contribution in [3.63, 3.8) is 0 Å². The molecule has 1 saturated heterocycles. The van der Waals surface area contributed by atoms with Crippen LogP contribution in [0.3, 0.4) is 0 Å². The molecule has 2 heterocycles. The minimum Gasteiger partial charge on any atom is -0.343 e. The summed E-state index contributed by atoms with van der Waals surface area (Å²) >= 11 is 0. The average Bonchev–Trinajstić information content (AvgIpc) is 3.62. The lowest BCUT2D eigenvalue weighted by molar-refractivity contribution is -0.188. The number of hydrogen-bond donors (Lipinski definition) is 1. The van der Waals surface area contributed by atoms with Crippen molar-refractivity contribution in [2.75, 3.05) is 13.2 Å². The molecule has 0 amide bonds. The summed E-state index contributed by atoms with van der Waals surface area (Å²) < 4.78 is 101. The van der Waals surface area contributed by atoms with Gasteiger partial charge in [0.25, 0.3) is 20.2 Å². The molecule has 0 saturated carbocycles. The molecule has 15 heteroatoms. The van der Waals surface area contributed by atoms with E-state index in [1.165, 1.54) is 47.7 Å². The van der Waals surface area contributed by atoms with Crippen LogP contribution < -0.4 is 0 Å². The van der Waals surface area contributed by atoms with E-state index < -0.39 is 43.8 Å². The van der Waals surface area contributed by atoms with Gasteiger partial charge >= 0.3 is 0 Å². The highest BCUT2D eigenvalue weighted by atomic mass is 32.2. The van der Waals surface area contributed by atoms with Crippen molar-refractivity contribution in [1.29, 1.82) is 0 Å². The molecule has 4 aromatic rings. The summed E-state index contributed by atoms with van der Waals surface area (Å²) in [7, 11) is -8.03. The van der Waals surface area contributed by atoms with Gasteiger partial charge in [0.15, 0.2) is 5.79 Å². The second kappa shape index (κ2) is 13.4. The van der Waals surface area contributed by atoms with Crippen molar-refractivity contribution in [1.82, 2.24) is 14.8 Å². The van der Waals surface area contributed by atoms with E-state index in [-0.39, 0.29) is 41.5 Å². The molecule has 0 bridgehead atoms. The Morgan fingerprint density at radius 3 is 2.16 bits per heavy atom. The Labute approximate surface area is 247 Å². The number of aromatic nitrogens is 3. The first-order chi connectivity index (χ1) is 20.3. The zero-order valence-corrected chi connectivity index (χ0v) is 24.8. The van der Waals surface area contributed by atoms with E-state index in [1.807, 2.05) is 13.8 Å². The van der Waals surface area contributed by atoms with E-state index in [9.17, 15) is 25.6 Å². The highest BCUT2D eigenvalue weighted by Gasteiger charge is 2.45. The molecule has 0 radical (unpaired) electrons. The minimum atomic E-state index is -4.02. The van der Waals surface area contributed by atoms with Gasteiger partial charge in [-0.2, -0.15) is 21.9 Å². The first kappa shape index (κ1) is 32.3. The van der Waals surface area contributed by atoms with Crippen LogP contribution in [0.2, 0.25) is 0 Å². The lowest BCUT2D eigenvalue weighted by Crippen LogP contribution is -2.32. The van der Waals surface area contributed by atoms with Crippen LogP contribution in [0, 0.1) is 25.5 Å².